The Morgan fingerprint density at radius 1 is 0.829 bits per heavy atom. The Labute approximate surface area is 211 Å². The molecule has 188 valence electrons. The third-order valence-electron chi connectivity index (χ3n) is 6.57. The third kappa shape index (κ3) is 9.71. The molecule has 0 bridgehead atoms. The van der Waals surface area contributed by atoms with Gasteiger partial charge in [-0.2, -0.15) is 0 Å². The molecule has 0 aliphatic rings. The van der Waals surface area contributed by atoms with Crippen LogP contribution in [0.3, 0.4) is 0 Å². The van der Waals surface area contributed by atoms with Crippen LogP contribution in [0.15, 0.2) is 60.7 Å². The van der Waals surface area contributed by atoms with Crippen molar-refractivity contribution in [2.45, 2.75) is 90.5 Å². The van der Waals surface area contributed by atoms with E-state index in [4.69, 9.17) is 4.98 Å². The number of para-hydroxylation sites is 2. The zero-order valence-electron chi connectivity index (χ0n) is 21.6. The number of nitrogens with one attached hydrogen (secondary N) is 1. The number of imidazole rings is 1. The first-order chi connectivity index (χ1) is 17.3. The van der Waals surface area contributed by atoms with E-state index >= 15 is 0 Å². The summed E-state index contributed by atoms with van der Waals surface area (Å²) in [5.74, 6) is 1.19. The number of hydrogen-bond acceptors (Lipinski definition) is 2. The molecule has 3 rings (SSSR count). The topological polar surface area (TPSA) is 46.9 Å². The molecule has 1 heterocycles. The molecule has 1 aromatic heterocycles. The van der Waals surface area contributed by atoms with E-state index in [1.807, 2.05) is 36.4 Å². The lowest BCUT2D eigenvalue weighted by atomic mass is 10.1. The van der Waals surface area contributed by atoms with Crippen LogP contribution in [0.4, 0.5) is 0 Å². The highest BCUT2D eigenvalue weighted by Crippen LogP contribution is 2.19. The summed E-state index contributed by atoms with van der Waals surface area (Å²) in [5, 5.41) is 2.99. The fourth-order valence-corrected chi connectivity index (χ4v) is 4.56. The molecule has 0 spiro atoms. The molecule has 0 atom stereocenters. The number of fused-ring (bicyclic) bond motifs is 1. The average Bonchev–Trinajstić information content (AvgIpc) is 3.24. The van der Waals surface area contributed by atoms with Gasteiger partial charge >= 0.3 is 0 Å². The van der Waals surface area contributed by atoms with Gasteiger partial charge in [0.15, 0.2) is 0 Å². The van der Waals surface area contributed by atoms with Gasteiger partial charge in [0.05, 0.1) is 11.0 Å². The quantitative estimate of drug-likeness (QED) is 0.161. The van der Waals surface area contributed by atoms with Crippen LogP contribution in [-0.2, 0) is 17.8 Å². The van der Waals surface area contributed by atoms with Crippen LogP contribution in [-0.4, -0.2) is 22.0 Å². The predicted octanol–water partition coefficient (Wildman–Crippen LogP) is 7.72. The molecule has 0 radical (unpaired) electrons. The number of carbonyl (C=O) groups is 1. The molecule has 0 fully saturated rings. The lowest BCUT2D eigenvalue weighted by Crippen LogP contribution is -2.22. The van der Waals surface area contributed by atoms with E-state index in [2.05, 4.69) is 41.1 Å². The Kier molecular flexibility index (Phi) is 12.1. The second-order valence-corrected chi connectivity index (χ2v) is 9.49. The molecular weight excluding hydrogens is 430 g/mol. The Bertz CT molecular complexity index is 1020. The molecule has 0 unspecified atom stereocenters. The maximum atomic E-state index is 12.0. The summed E-state index contributed by atoms with van der Waals surface area (Å²) in [6, 6.07) is 18.4. The minimum Gasteiger partial charge on any atom is -0.353 e. The Morgan fingerprint density at radius 2 is 1.51 bits per heavy atom. The summed E-state index contributed by atoms with van der Waals surface area (Å²) in [4.78, 5) is 17.0. The third-order valence-corrected chi connectivity index (χ3v) is 6.57. The van der Waals surface area contributed by atoms with Crippen molar-refractivity contribution in [3.63, 3.8) is 0 Å². The highest BCUT2D eigenvalue weighted by atomic mass is 16.1. The van der Waals surface area contributed by atoms with Crippen LogP contribution in [0.2, 0.25) is 0 Å². The lowest BCUT2D eigenvalue weighted by molar-refractivity contribution is -0.116. The maximum Gasteiger partial charge on any atom is 0.243 e. The monoisotopic (exact) mass is 473 g/mol. The number of rotatable bonds is 17. The van der Waals surface area contributed by atoms with E-state index in [0.29, 0.717) is 6.54 Å². The van der Waals surface area contributed by atoms with E-state index in [-0.39, 0.29) is 5.91 Å². The first-order valence-corrected chi connectivity index (χ1v) is 13.7. The van der Waals surface area contributed by atoms with Gasteiger partial charge in [0.25, 0.3) is 0 Å². The summed E-state index contributed by atoms with van der Waals surface area (Å²) >= 11 is 0. The maximum absolute atomic E-state index is 12.0. The zero-order valence-corrected chi connectivity index (χ0v) is 21.6. The summed E-state index contributed by atoms with van der Waals surface area (Å²) in [6.45, 7) is 4.05. The number of amides is 1. The molecule has 0 aliphatic heterocycles. The molecule has 2 aromatic carbocycles. The first-order valence-electron chi connectivity index (χ1n) is 13.7. The summed E-state index contributed by atoms with van der Waals surface area (Å²) in [5.41, 5.74) is 3.42. The van der Waals surface area contributed by atoms with Gasteiger partial charge in [0.2, 0.25) is 5.91 Å². The van der Waals surface area contributed by atoms with E-state index in [0.717, 1.165) is 43.3 Å². The zero-order chi connectivity index (χ0) is 24.6. The van der Waals surface area contributed by atoms with Crippen LogP contribution >= 0.6 is 0 Å². The predicted molar refractivity (Wildman–Crippen MR) is 148 cm³/mol. The van der Waals surface area contributed by atoms with Gasteiger partial charge in [-0.25, -0.2) is 4.98 Å². The minimum atomic E-state index is -0.0268. The molecule has 0 aliphatic carbocycles. The van der Waals surface area contributed by atoms with Crippen molar-refractivity contribution in [3.8, 4) is 0 Å². The normalized spacial score (nSPS) is 11.5. The van der Waals surface area contributed by atoms with Crippen molar-refractivity contribution >= 4 is 23.0 Å². The van der Waals surface area contributed by atoms with Crippen molar-refractivity contribution in [2.24, 2.45) is 0 Å². The second kappa shape index (κ2) is 15.9. The molecule has 4 heteroatoms. The van der Waals surface area contributed by atoms with E-state index < -0.39 is 0 Å². The standard InChI is InChI=1S/C31H43N3O/c1-2-3-4-5-6-7-8-17-26-34-29-21-15-14-20-28(29)33-30(34)22-13-10-16-25-32-31(35)24-23-27-18-11-9-12-19-27/h9,11-12,14-15,18-21,23-24H,2-8,10,13,16-17,22,25-26H2,1H3,(H,32,35)/b24-23+. The highest BCUT2D eigenvalue weighted by molar-refractivity contribution is 5.91. The SMILES string of the molecule is CCCCCCCCCCn1c(CCCCCNC(=O)/C=C/c2ccccc2)nc2ccccc21. The smallest absolute Gasteiger partial charge is 0.243 e. The Morgan fingerprint density at radius 3 is 2.31 bits per heavy atom. The number of benzene rings is 2. The van der Waals surface area contributed by atoms with Crippen LogP contribution in [0.25, 0.3) is 17.1 Å². The van der Waals surface area contributed by atoms with Crippen LogP contribution in [0, 0.1) is 0 Å². The van der Waals surface area contributed by atoms with Crippen LogP contribution in [0.5, 0.6) is 0 Å². The van der Waals surface area contributed by atoms with Gasteiger partial charge in [0.1, 0.15) is 5.82 Å². The molecule has 3 aromatic rings. The number of carbonyl (C=O) groups excluding carboxylic acids is 1. The van der Waals surface area contributed by atoms with Crippen LogP contribution < -0.4 is 5.32 Å². The molecule has 35 heavy (non-hydrogen) atoms. The molecule has 1 amide bonds. The van der Waals surface area contributed by atoms with Crippen molar-refractivity contribution in [1.82, 2.24) is 14.9 Å². The van der Waals surface area contributed by atoms with Gasteiger partial charge < -0.3 is 9.88 Å². The van der Waals surface area contributed by atoms with Crippen molar-refractivity contribution in [3.05, 3.63) is 72.1 Å². The van der Waals surface area contributed by atoms with Gasteiger partial charge in [-0.3, -0.25) is 4.79 Å². The second-order valence-electron chi connectivity index (χ2n) is 9.49. The number of hydrogen-bond donors (Lipinski definition) is 1. The highest BCUT2D eigenvalue weighted by Gasteiger charge is 2.10. The molecule has 4 nitrogen and oxygen atoms in total. The molecule has 0 saturated heterocycles. The first kappa shape index (κ1) is 26.7. The van der Waals surface area contributed by atoms with E-state index in [9.17, 15) is 4.79 Å². The van der Waals surface area contributed by atoms with Gasteiger partial charge in [-0.15, -0.1) is 0 Å². The van der Waals surface area contributed by atoms with Crippen molar-refractivity contribution in [1.29, 1.82) is 0 Å². The van der Waals surface area contributed by atoms with Crippen molar-refractivity contribution in [2.75, 3.05) is 6.54 Å². The minimum absolute atomic E-state index is 0.0268. The summed E-state index contributed by atoms with van der Waals surface area (Å²) < 4.78 is 2.45. The number of aromatic nitrogens is 2. The number of aryl methyl sites for hydroxylation is 2. The lowest BCUT2D eigenvalue weighted by Gasteiger charge is -2.10. The Balaban J connectivity index is 1.37. The number of unbranched alkanes of at least 4 members (excludes halogenated alkanes) is 9. The Hall–Kier alpha value is -2.88. The van der Waals surface area contributed by atoms with Gasteiger partial charge in [-0.05, 0) is 43.0 Å². The average molecular weight is 474 g/mol. The summed E-state index contributed by atoms with van der Waals surface area (Å²) in [6.07, 6.45) is 18.3. The number of nitrogens with zero attached hydrogens (tertiary/aromatic N) is 2. The van der Waals surface area contributed by atoms with Crippen molar-refractivity contribution < 1.29 is 4.79 Å². The van der Waals surface area contributed by atoms with Crippen LogP contribution in [0.1, 0.15) is 88.9 Å². The van der Waals surface area contributed by atoms with Gasteiger partial charge in [0, 0.05) is 25.6 Å². The fraction of sp³-hybridized carbons (Fsp3) is 0.484. The van der Waals surface area contributed by atoms with E-state index in [1.165, 1.54) is 62.7 Å². The van der Waals surface area contributed by atoms with E-state index in [1.54, 1.807) is 6.08 Å². The fourth-order valence-electron chi connectivity index (χ4n) is 4.56. The summed E-state index contributed by atoms with van der Waals surface area (Å²) in [7, 11) is 0. The molecule has 0 saturated carbocycles. The molecule has 1 N–H and O–H groups in total. The molecular formula is C31H43N3O. The van der Waals surface area contributed by atoms with Gasteiger partial charge in [-0.1, -0.05) is 101 Å². The largest absolute Gasteiger partial charge is 0.353 e.